The molecule has 0 unspecified atom stereocenters. The average Bonchev–Trinajstić information content (AvgIpc) is 2.90. The van der Waals surface area contributed by atoms with Crippen LogP contribution in [0, 0.1) is 0 Å². The highest BCUT2D eigenvalue weighted by Crippen LogP contribution is 2.36. The summed E-state index contributed by atoms with van der Waals surface area (Å²) >= 11 is 1.60. The number of carbonyl (C=O) groups excluding carboxylic acids is 1. The molecule has 0 fully saturated rings. The Morgan fingerprint density at radius 2 is 2.47 bits per heavy atom. The minimum atomic E-state index is -0.419. The fourth-order valence-electron chi connectivity index (χ4n) is 1.78. The second-order valence-electron chi connectivity index (χ2n) is 3.66. The summed E-state index contributed by atoms with van der Waals surface area (Å²) in [4.78, 5) is 17.2. The lowest BCUT2D eigenvalue weighted by Crippen LogP contribution is -2.19. The molecule has 2 aliphatic heterocycles. The molecule has 17 heavy (non-hydrogen) atoms. The number of hydrogen-bond acceptors (Lipinski definition) is 6. The number of fused-ring (bicyclic) bond motifs is 3. The number of nitrogens with zero attached hydrogens (tertiary/aromatic N) is 4. The van der Waals surface area contributed by atoms with Crippen molar-refractivity contribution in [2.24, 2.45) is 21.0 Å². The van der Waals surface area contributed by atoms with Crippen LogP contribution in [0.2, 0.25) is 0 Å². The molecular weight excluding hydrogens is 238 g/mol. The van der Waals surface area contributed by atoms with Crippen molar-refractivity contribution in [1.29, 1.82) is 0 Å². The van der Waals surface area contributed by atoms with Crippen LogP contribution in [0.4, 0.5) is 5.00 Å². The fraction of sp³-hybridized carbons (Fsp3) is 0.200. The highest BCUT2D eigenvalue weighted by atomic mass is 32.1. The van der Waals surface area contributed by atoms with Gasteiger partial charge in [0.2, 0.25) is 5.91 Å². The second-order valence-corrected chi connectivity index (χ2v) is 4.56. The minimum Gasteiger partial charge on any atom is -0.369 e. The Bertz CT molecular complexity index is 571. The van der Waals surface area contributed by atoms with E-state index >= 15 is 0 Å². The fourth-order valence-corrected chi connectivity index (χ4v) is 2.65. The van der Waals surface area contributed by atoms with Gasteiger partial charge in [-0.05, 0) is 11.4 Å². The van der Waals surface area contributed by atoms with Gasteiger partial charge in [0.15, 0.2) is 5.82 Å². The Morgan fingerprint density at radius 1 is 1.59 bits per heavy atom. The Balaban J connectivity index is 2.10. The number of azo groups is 1. The Hall–Kier alpha value is -2.02. The number of carbonyl (C=O) groups is 1. The van der Waals surface area contributed by atoms with Crippen molar-refractivity contribution in [2.45, 2.75) is 6.42 Å². The van der Waals surface area contributed by atoms with Gasteiger partial charge in [-0.1, -0.05) is 0 Å². The second kappa shape index (κ2) is 3.77. The molecule has 3 rings (SSSR count). The first kappa shape index (κ1) is 10.2. The van der Waals surface area contributed by atoms with Gasteiger partial charge in [0.1, 0.15) is 11.7 Å². The first-order valence-corrected chi connectivity index (χ1v) is 5.92. The van der Waals surface area contributed by atoms with Crippen LogP contribution in [-0.2, 0) is 4.79 Å². The summed E-state index contributed by atoms with van der Waals surface area (Å²) in [7, 11) is 0. The average molecular weight is 247 g/mol. The Kier molecular flexibility index (Phi) is 2.25. The molecule has 1 amide bonds. The molecule has 7 heteroatoms. The Morgan fingerprint density at radius 3 is 3.29 bits per heavy atom. The van der Waals surface area contributed by atoms with Gasteiger partial charge in [-0.3, -0.25) is 14.7 Å². The van der Waals surface area contributed by atoms with Crippen LogP contribution in [0.25, 0.3) is 0 Å². The number of rotatable bonds is 2. The summed E-state index contributed by atoms with van der Waals surface area (Å²) in [5.41, 5.74) is 6.79. The molecule has 1 aromatic heterocycles. The maximum absolute atomic E-state index is 11.0. The van der Waals surface area contributed by atoms with E-state index in [9.17, 15) is 4.79 Å². The number of primary amides is 1. The quantitative estimate of drug-likeness (QED) is 0.858. The zero-order chi connectivity index (χ0) is 11.8. The lowest BCUT2D eigenvalue weighted by atomic mass is 10.3. The van der Waals surface area contributed by atoms with Gasteiger partial charge in [-0.2, -0.15) is 5.11 Å². The first-order chi connectivity index (χ1) is 8.25. The summed E-state index contributed by atoms with van der Waals surface area (Å²) in [6.07, 6.45) is 1.82. The van der Waals surface area contributed by atoms with Crippen LogP contribution in [0.15, 0.2) is 38.2 Å². The highest BCUT2D eigenvalue weighted by Gasteiger charge is 2.26. The van der Waals surface area contributed by atoms with Crippen LogP contribution in [0.5, 0.6) is 0 Å². The van der Waals surface area contributed by atoms with E-state index in [0.29, 0.717) is 18.2 Å². The van der Waals surface area contributed by atoms with Crippen LogP contribution in [-0.4, -0.2) is 18.8 Å². The number of aliphatic imine (C=N–C) groups is 1. The normalized spacial score (nSPS) is 17.1. The third-order valence-corrected chi connectivity index (χ3v) is 3.46. The molecule has 86 valence electrons. The molecule has 0 aliphatic carbocycles. The maximum atomic E-state index is 11.0. The summed E-state index contributed by atoms with van der Waals surface area (Å²) in [5.74, 6) is 0.207. The summed E-state index contributed by atoms with van der Waals surface area (Å²) in [6, 6.07) is 1.98. The molecule has 0 saturated carbocycles. The van der Waals surface area contributed by atoms with Crippen LogP contribution < -0.4 is 10.6 Å². The van der Waals surface area contributed by atoms with Crippen LogP contribution in [0.3, 0.4) is 0 Å². The van der Waals surface area contributed by atoms with E-state index in [1.54, 1.807) is 17.6 Å². The predicted molar refractivity (Wildman–Crippen MR) is 65.0 cm³/mol. The molecule has 2 aliphatic rings. The topological polar surface area (TPSA) is 83.4 Å². The molecule has 0 atom stereocenters. The third-order valence-electron chi connectivity index (χ3n) is 2.50. The lowest BCUT2D eigenvalue weighted by Gasteiger charge is -2.15. The molecule has 0 saturated heterocycles. The predicted octanol–water partition coefficient (Wildman–Crippen LogP) is 1.45. The maximum Gasteiger partial charge on any atom is 0.223 e. The molecule has 0 bridgehead atoms. The zero-order valence-electron chi connectivity index (χ0n) is 8.83. The van der Waals surface area contributed by atoms with Crippen molar-refractivity contribution in [3.63, 3.8) is 0 Å². The monoisotopic (exact) mass is 247 g/mol. The standard InChI is InChI=1S/C10H9N5OS/c11-8(16)3-7-9-14-13-5-15(9)10-6(4-12-7)1-2-17-10/h1-2,4H,3,5H2,(H2,11,16). The number of amides is 1. The van der Waals surface area contributed by atoms with Gasteiger partial charge in [0.05, 0.1) is 12.1 Å². The van der Waals surface area contributed by atoms with Crippen LogP contribution in [0.1, 0.15) is 12.0 Å². The van der Waals surface area contributed by atoms with Crippen molar-refractivity contribution >= 4 is 28.5 Å². The van der Waals surface area contributed by atoms with E-state index in [-0.39, 0.29) is 6.42 Å². The Labute approximate surface area is 101 Å². The number of hydrogen-bond donors (Lipinski definition) is 1. The van der Waals surface area contributed by atoms with Gasteiger partial charge in [-0.15, -0.1) is 16.5 Å². The summed E-state index contributed by atoms with van der Waals surface area (Å²) < 4.78 is 0. The highest BCUT2D eigenvalue weighted by molar-refractivity contribution is 7.14. The number of thiophene rings is 1. The van der Waals surface area contributed by atoms with Crippen molar-refractivity contribution in [2.75, 3.05) is 11.6 Å². The minimum absolute atomic E-state index is 0.0797. The lowest BCUT2D eigenvalue weighted by molar-refractivity contribution is -0.117. The van der Waals surface area contributed by atoms with E-state index in [4.69, 9.17) is 5.73 Å². The zero-order valence-corrected chi connectivity index (χ0v) is 9.65. The van der Waals surface area contributed by atoms with Gasteiger partial charge >= 0.3 is 0 Å². The van der Waals surface area contributed by atoms with E-state index in [0.717, 1.165) is 10.6 Å². The number of anilines is 1. The van der Waals surface area contributed by atoms with Crippen molar-refractivity contribution in [1.82, 2.24) is 0 Å². The first-order valence-electron chi connectivity index (χ1n) is 5.04. The number of nitrogens with two attached hydrogens (primary N) is 1. The van der Waals surface area contributed by atoms with E-state index in [1.807, 2.05) is 16.3 Å². The molecule has 0 radical (unpaired) electrons. The van der Waals surface area contributed by atoms with Gasteiger partial charge in [-0.25, -0.2) is 0 Å². The van der Waals surface area contributed by atoms with E-state index in [1.165, 1.54) is 0 Å². The molecule has 6 nitrogen and oxygen atoms in total. The van der Waals surface area contributed by atoms with Crippen molar-refractivity contribution < 1.29 is 4.79 Å². The summed E-state index contributed by atoms with van der Waals surface area (Å²) in [6.45, 7) is 0.467. The van der Waals surface area contributed by atoms with Gasteiger partial charge in [0.25, 0.3) is 0 Å². The molecule has 1 aromatic rings. The molecular formula is C10H9N5OS. The SMILES string of the molecule is NC(=O)CC1=C2N=NCN2c2sccc2C=N1. The summed E-state index contributed by atoms with van der Waals surface area (Å²) in [5, 5.41) is 11.1. The van der Waals surface area contributed by atoms with E-state index in [2.05, 4.69) is 15.2 Å². The molecule has 0 aromatic carbocycles. The van der Waals surface area contributed by atoms with Crippen molar-refractivity contribution in [3.8, 4) is 0 Å². The molecule has 0 spiro atoms. The largest absolute Gasteiger partial charge is 0.369 e. The molecule has 2 N–H and O–H groups in total. The third kappa shape index (κ3) is 1.64. The van der Waals surface area contributed by atoms with Crippen LogP contribution >= 0.6 is 11.3 Å². The smallest absolute Gasteiger partial charge is 0.223 e. The molecule has 3 heterocycles. The van der Waals surface area contributed by atoms with Gasteiger partial charge in [0, 0.05) is 11.8 Å². The van der Waals surface area contributed by atoms with Gasteiger partial charge < -0.3 is 5.73 Å². The van der Waals surface area contributed by atoms with E-state index < -0.39 is 5.91 Å². The van der Waals surface area contributed by atoms with Crippen molar-refractivity contribution in [3.05, 3.63) is 28.5 Å².